The molecule has 4 rings (SSSR count). The van der Waals surface area contributed by atoms with Crippen molar-refractivity contribution in [1.29, 1.82) is 0 Å². The third-order valence-corrected chi connectivity index (χ3v) is 5.19. The minimum Gasteiger partial charge on any atom is -0.423 e. The molecule has 2 heterocycles. The summed E-state index contributed by atoms with van der Waals surface area (Å²) in [5.74, 6) is -0.282. The first-order chi connectivity index (χ1) is 14.4. The molecule has 0 aliphatic heterocycles. The predicted molar refractivity (Wildman–Crippen MR) is 113 cm³/mol. The molecule has 0 aliphatic carbocycles. The van der Waals surface area contributed by atoms with Gasteiger partial charge in [0.1, 0.15) is 5.75 Å². The number of nitrogens with one attached hydrogen (secondary N) is 3. The van der Waals surface area contributed by atoms with Crippen LogP contribution in [0.25, 0.3) is 0 Å². The number of carbonyl (C=O) groups excluding carboxylic acids is 1. The van der Waals surface area contributed by atoms with E-state index in [1.165, 1.54) is 0 Å². The number of aromatic nitrogens is 4. The molecular formula is C23H22N4O3. The van der Waals surface area contributed by atoms with Crippen molar-refractivity contribution in [2.24, 2.45) is 0 Å². The van der Waals surface area contributed by atoms with Gasteiger partial charge in [0.05, 0.1) is 17.3 Å². The zero-order chi connectivity index (χ0) is 21.3. The summed E-state index contributed by atoms with van der Waals surface area (Å²) in [5, 5.41) is 12.6. The molecule has 1 atom stereocenters. The molecule has 0 saturated heterocycles. The van der Waals surface area contributed by atoms with Gasteiger partial charge in [-0.1, -0.05) is 29.8 Å². The zero-order valence-electron chi connectivity index (χ0n) is 16.9. The Bertz CT molecular complexity index is 1230. The molecule has 0 unspecified atom stereocenters. The Morgan fingerprint density at radius 1 is 0.933 bits per heavy atom. The van der Waals surface area contributed by atoms with Crippen molar-refractivity contribution in [2.75, 3.05) is 0 Å². The average molecular weight is 402 g/mol. The maximum atomic E-state index is 12.5. The molecule has 0 amide bonds. The van der Waals surface area contributed by atoms with Crippen LogP contribution < -0.4 is 10.3 Å². The van der Waals surface area contributed by atoms with Crippen LogP contribution in [0.2, 0.25) is 0 Å². The normalized spacial score (nSPS) is 12.0. The van der Waals surface area contributed by atoms with E-state index >= 15 is 0 Å². The number of benzene rings is 2. The molecule has 7 nitrogen and oxygen atoms in total. The van der Waals surface area contributed by atoms with Crippen LogP contribution in [-0.4, -0.2) is 26.4 Å². The number of ether oxygens (including phenoxy) is 1. The Morgan fingerprint density at radius 2 is 1.63 bits per heavy atom. The van der Waals surface area contributed by atoms with Crippen LogP contribution in [0.5, 0.6) is 5.75 Å². The maximum Gasteiger partial charge on any atom is 0.343 e. The summed E-state index contributed by atoms with van der Waals surface area (Å²) in [5.41, 5.74) is 5.47. The number of H-pyrrole nitrogens is 3. The van der Waals surface area contributed by atoms with Gasteiger partial charge < -0.3 is 9.84 Å². The van der Waals surface area contributed by atoms with Crippen molar-refractivity contribution in [3.05, 3.63) is 104 Å². The summed E-state index contributed by atoms with van der Waals surface area (Å²) in [6.07, 6.45) is 1.73. The lowest BCUT2D eigenvalue weighted by molar-refractivity contribution is 0.0734. The van der Waals surface area contributed by atoms with Crippen LogP contribution in [-0.2, 0) is 0 Å². The smallest absolute Gasteiger partial charge is 0.343 e. The predicted octanol–water partition coefficient (Wildman–Crippen LogP) is 3.75. The number of aryl methyl sites for hydroxylation is 3. The van der Waals surface area contributed by atoms with E-state index in [9.17, 15) is 9.59 Å². The van der Waals surface area contributed by atoms with E-state index in [1.807, 2.05) is 45.0 Å². The number of aromatic amines is 3. The maximum absolute atomic E-state index is 12.5. The minimum atomic E-state index is -0.414. The lowest BCUT2D eigenvalue weighted by Crippen LogP contribution is -2.15. The monoisotopic (exact) mass is 402 g/mol. The fourth-order valence-corrected chi connectivity index (χ4v) is 3.54. The van der Waals surface area contributed by atoms with E-state index in [2.05, 4.69) is 20.4 Å². The van der Waals surface area contributed by atoms with Crippen LogP contribution in [0.3, 0.4) is 0 Å². The number of hydrogen-bond donors (Lipinski definition) is 3. The van der Waals surface area contributed by atoms with Crippen molar-refractivity contribution < 1.29 is 9.53 Å². The molecule has 0 radical (unpaired) electrons. The van der Waals surface area contributed by atoms with Gasteiger partial charge in [-0.15, -0.1) is 0 Å². The van der Waals surface area contributed by atoms with Crippen LogP contribution in [0.15, 0.2) is 59.5 Å². The molecule has 0 spiro atoms. The molecule has 2 aromatic heterocycles. The average Bonchev–Trinajstić information content (AvgIpc) is 3.30. The summed E-state index contributed by atoms with van der Waals surface area (Å²) in [7, 11) is 0. The van der Waals surface area contributed by atoms with Gasteiger partial charge in [0.2, 0.25) is 0 Å². The summed E-state index contributed by atoms with van der Waals surface area (Å²) in [4.78, 5) is 24.8. The van der Waals surface area contributed by atoms with E-state index in [1.54, 1.807) is 30.5 Å². The van der Waals surface area contributed by atoms with Gasteiger partial charge in [0.15, 0.2) is 0 Å². The highest BCUT2D eigenvalue weighted by molar-refractivity contribution is 5.91. The lowest BCUT2D eigenvalue weighted by Gasteiger charge is -2.17. The Labute approximate surface area is 173 Å². The molecule has 30 heavy (non-hydrogen) atoms. The molecule has 152 valence electrons. The summed E-state index contributed by atoms with van der Waals surface area (Å²) < 4.78 is 5.50. The van der Waals surface area contributed by atoms with Crippen LogP contribution in [0.4, 0.5) is 0 Å². The van der Waals surface area contributed by atoms with Crippen molar-refractivity contribution in [3.8, 4) is 5.75 Å². The van der Waals surface area contributed by atoms with Crippen molar-refractivity contribution in [1.82, 2.24) is 20.4 Å². The Hall–Kier alpha value is -3.87. The van der Waals surface area contributed by atoms with Gasteiger partial charge in [-0.05, 0) is 50.6 Å². The lowest BCUT2D eigenvalue weighted by atomic mass is 9.85. The quantitative estimate of drug-likeness (QED) is 0.349. The van der Waals surface area contributed by atoms with Gasteiger partial charge in [0.25, 0.3) is 5.56 Å². The number of nitrogens with zero attached hydrogens (tertiary/aromatic N) is 1. The zero-order valence-corrected chi connectivity index (χ0v) is 16.9. The molecule has 0 fully saturated rings. The van der Waals surface area contributed by atoms with Crippen molar-refractivity contribution >= 4 is 5.97 Å². The highest BCUT2D eigenvalue weighted by Crippen LogP contribution is 2.33. The minimum absolute atomic E-state index is 0.173. The second kappa shape index (κ2) is 7.87. The molecule has 0 bridgehead atoms. The Kier molecular flexibility index (Phi) is 5.10. The van der Waals surface area contributed by atoms with Gasteiger partial charge >= 0.3 is 5.97 Å². The molecular weight excluding hydrogens is 380 g/mol. The SMILES string of the molecule is Cc1ccc(C(=O)Oc2ccc([C@H](c3cn[nH]c3C)c3c(C)[nH][nH]c3=O)cc2)cc1. The molecule has 0 aliphatic rings. The summed E-state index contributed by atoms with van der Waals surface area (Å²) in [6, 6.07) is 14.4. The van der Waals surface area contributed by atoms with Crippen LogP contribution in [0.1, 0.15) is 49.9 Å². The van der Waals surface area contributed by atoms with Gasteiger partial charge in [-0.3, -0.25) is 15.0 Å². The van der Waals surface area contributed by atoms with Gasteiger partial charge in [0, 0.05) is 22.9 Å². The van der Waals surface area contributed by atoms with Gasteiger partial charge in [-0.2, -0.15) is 5.10 Å². The van der Waals surface area contributed by atoms with Crippen molar-refractivity contribution in [2.45, 2.75) is 26.7 Å². The third kappa shape index (κ3) is 3.69. The first-order valence-corrected chi connectivity index (χ1v) is 9.60. The molecule has 3 N–H and O–H groups in total. The van der Waals surface area contributed by atoms with E-state index in [0.29, 0.717) is 16.9 Å². The van der Waals surface area contributed by atoms with E-state index in [-0.39, 0.29) is 11.5 Å². The molecule has 7 heteroatoms. The third-order valence-electron chi connectivity index (χ3n) is 5.19. The van der Waals surface area contributed by atoms with Gasteiger partial charge in [-0.25, -0.2) is 4.79 Å². The number of hydrogen-bond acceptors (Lipinski definition) is 4. The molecule has 0 saturated carbocycles. The Balaban J connectivity index is 1.65. The van der Waals surface area contributed by atoms with E-state index in [0.717, 1.165) is 28.1 Å². The standard InChI is InChI=1S/C23H22N4O3/c1-13-4-6-17(7-5-13)23(29)30-18-10-8-16(9-11-18)21(19-12-24-25-14(19)2)20-15(3)26-27-22(20)28/h4-12,21H,1-3H3,(H,24,25)(H2,26,27,28)/t21-/m1/s1. The van der Waals surface area contributed by atoms with Crippen molar-refractivity contribution in [3.63, 3.8) is 0 Å². The van der Waals surface area contributed by atoms with Crippen LogP contribution >= 0.6 is 0 Å². The summed E-state index contributed by atoms with van der Waals surface area (Å²) in [6.45, 7) is 5.74. The van der Waals surface area contributed by atoms with Crippen LogP contribution in [0, 0.1) is 20.8 Å². The molecule has 2 aromatic carbocycles. The number of carbonyl (C=O) groups is 1. The number of esters is 1. The fourth-order valence-electron chi connectivity index (χ4n) is 3.54. The highest BCUT2D eigenvalue weighted by atomic mass is 16.5. The van der Waals surface area contributed by atoms with E-state index in [4.69, 9.17) is 4.74 Å². The molecule has 4 aromatic rings. The van der Waals surface area contributed by atoms with E-state index < -0.39 is 5.97 Å². The first kappa shape index (κ1) is 19.4. The number of rotatable bonds is 5. The fraction of sp³-hybridized carbons (Fsp3) is 0.174. The first-order valence-electron chi connectivity index (χ1n) is 9.60. The Morgan fingerprint density at radius 3 is 2.20 bits per heavy atom. The summed E-state index contributed by atoms with van der Waals surface area (Å²) >= 11 is 0. The largest absolute Gasteiger partial charge is 0.423 e. The highest BCUT2D eigenvalue weighted by Gasteiger charge is 2.25. The second-order valence-corrected chi connectivity index (χ2v) is 7.33. The second-order valence-electron chi connectivity index (χ2n) is 7.33. The topological polar surface area (TPSA) is 104 Å².